The van der Waals surface area contributed by atoms with E-state index in [1.54, 1.807) is 0 Å². The summed E-state index contributed by atoms with van der Waals surface area (Å²) < 4.78 is 5.64. The predicted molar refractivity (Wildman–Crippen MR) is 139 cm³/mol. The van der Waals surface area contributed by atoms with Gasteiger partial charge in [-0.2, -0.15) is 0 Å². The van der Waals surface area contributed by atoms with Crippen molar-refractivity contribution < 1.29 is 14.3 Å². The molecule has 1 aliphatic heterocycles. The summed E-state index contributed by atoms with van der Waals surface area (Å²) in [5.41, 5.74) is 3.79. The van der Waals surface area contributed by atoms with E-state index in [1.165, 1.54) is 0 Å². The maximum Gasteiger partial charge on any atom is 0.337 e. The fourth-order valence-electron chi connectivity index (χ4n) is 4.34. The van der Waals surface area contributed by atoms with Crippen molar-refractivity contribution in [3.05, 3.63) is 81.6 Å². The summed E-state index contributed by atoms with van der Waals surface area (Å²) in [7, 11) is 0. The number of Topliss-reactive ketones (excluding diaryl/α,β-unsaturated/α-hetero) is 1. The molecule has 2 aliphatic rings. The van der Waals surface area contributed by atoms with Crippen LogP contribution in [0.15, 0.2) is 76.0 Å². The Morgan fingerprint density at radius 3 is 2.45 bits per heavy atom. The van der Waals surface area contributed by atoms with Crippen molar-refractivity contribution in [2.24, 2.45) is 5.41 Å². The molecule has 5 heteroatoms. The molecule has 1 aromatic rings. The first-order chi connectivity index (χ1) is 15.8. The van der Waals surface area contributed by atoms with Gasteiger partial charge in [-0.3, -0.25) is 4.79 Å². The van der Waals surface area contributed by atoms with E-state index in [0.717, 1.165) is 23.3 Å². The number of benzene rings is 1. The number of carbonyl (C=O) groups excluding carboxylic acids is 2. The quantitative estimate of drug-likeness (QED) is 0.280. The predicted octanol–water partition coefficient (Wildman–Crippen LogP) is 6.64. The first-order valence-corrected chi connectivity index (χ1v) is 12.2. The van der Waals surface area contributed by atoms with Crippen molar-refractivity contribution in [1.82, 2.24) is 5.32 Å². The van der Waals surface area contributed by atoms with E-state index in [2.05, 4.69) is 31.8 Å². The van der Waals surface area contributed by atoms with Crippen molar-refractivity contribution in [1.29, 1.82) is 0 Å². The molecule has 33 heavy (non-hydrogen) atoms. The number of thiol groups is 1. The van der Waals surface area contributed by atoms with Gasteiger partial charge in [0.05, 0.1) is 17.2 Å². The second-order valence-electron chi connectivity index (χ2n) is 8.81. The van der Waals surface area contributed by atoms with Gasteiger partial charge in [0, 0.05) is 30.0 Å². The zero-order valence-corrected chi connectivity index (χ0v) is 21.6. The number of rotatable bonds is 6. The number of hydrogen-bond acceptors (Lipinski definition) is 5. The second kappa shape index (κ2) is 12.1. The Morgan fingerprint density at radius 1 is 1.18 bits per heavy atom. The minimum atomic E-state index is -0.474. The van der Waals surface area contributed by atoms with Crippen LogP contribution in [0.2, 0.25) is 0 Å². The van der Waals surface area contributed by atoms with E-state index in [1.807, 2.05) is 76.3 Å². The fourth-order valence-corrected chi connectivity index (χ4v) is 4.70. The Morgan fingerprint density at radius 2 is 1.85 bits per heavy atom. The molecule has 178 valence electrons. The average Bonchev–Trinajstić information content (AvgIpc) is 2.78. The Hall–Kier alpha value is -2.53. The van der Waals surface area contributed by atoms with Gasteiger partial charge < -0.3 is 10.1 Å². The van der Waals surface area contributed by atoms with Crippen LogP contribution >= 0.6 is 12.6 Å². The van der Waals surface area contributed by atoms with Crippen LogP contribution in [0.4, 0.5) is 0 Å². The highest BCUT2D eigenvalue weighted by Crippen LogP contribution is 2.47. The Labute approximate surface area is 204 Å². The molecule has 3 rings (SSSR count). The molecule has 0 amide bonds. The molecule has 1 atom stereocenters. The van der Waals surface area contributed by atoms with E-state index >= 15 is 0 Å². The van der Waals surface area contributed by atoms with Gasteiger partial charge in [-0.15, -0.1) is 12.6 Å². The largest absolute Gasteiger partial charge is 0.462 e. The Balaban J connectivity index is 0.00000187. The summed E-state index contributed by atoms with van der Waals surface area (Å²) in [5.74, 6) is -0.840. The number of esters is 1. The fraction of sp³-hybridized carbons (Fsp3) is 0.429. The number of dihydropyridines is 1. The van der Waals surface area contributed by atoms with Crippen LogP contribution in [-0.2, 0) is 14.3 Å². The summed E-state index contributed by atoms with van der Waals surface area (Å²) in [4.78, 5) is 26.4. The van der Waals surface area contributed by atoms with Crippen LogP contribution < -0.4 is 5.32 Å². The summed E-state index contributed by atoms with van der Waals surface area (Å²) in [6, 6.07) is 9.67. The summed E-state index contributed by atoms with van der Waals surface area (Å²) in [5, 5.41) is 3.71. The maximum atomic E-state index is 13.2. The summed E-state index contributed by atoms with van der Waals surface area (Å²) in [6.45, 7) is 12.4. The van der Waals surface area contributed by atoms with Gasteiger partial charge >= 0.3 is 5.97 Å². The van der Waals surface area contributed by atoms with Crippen molar-refractivity contribution >= 4 is 24.4 Å². The van der Waals surface area contributed by atoms with Gasteiger partial charge in [0.25, 0.3) is 0 Å². The lowest BCUT2D eigenvalue weighted by molar-refractivity contribution is -0.139. The highest BCUT2D eigenvalue weighted by Gasteiger charge is 2.43. The zero-order valence-electron chi connectivity index (χ0n) is 20.7. The lowest BCUT2D eigenvalue weighted by Gasteiger charge is -2.39. The van der Waals surface area contributed by atoms with E-state index in [-0.39, 0.29) is 17.8 Å². The molecule has 0 saturated heterocycles. The van der Waals surface area contributed by atoms with Gasteiger partial charge in [-0.25, -0.2) is 4.79 Å². The standard InChI is InChI=1S/C26H31NO3S.C2H6/c1-5-10-17(6-2)13-14-30-25(29)23-21(18-11-8-7-9-12-18)22-19(27-24(23)31)15-26(3,4)16-20(22)28;1-2/h5-12,21,27,31H,13-16H2,1-4H3;1-2H3/b10-5-,17-6+;. The van der Waals surface area contributed by atoms with E-state index in [9.17, 15) is 9.59 Å². The van der Waals surface area contributed by atoms with Crippen LogP contribution in [0.1, 0.15) is 72.3 Å². The molecule has 0 aromatic heterocycles. The first-order valence-electron chi connectivity index (χ1n) is 11.7. The van der Waals surface area contributed by atoms with E-state index in [4.69, 9.17) is 4.74 Å². The minimum absolute atomic E-state index is 0.0722. The molecule has 1 N–H and O–H groups in total. The van der Waals surface area contributed by atoms with Crippen LogP contribution in [-0.4, -0.2) is 18.4 Å². The molecule has 1 aliphatic carbocycles. The van der Waals surface area contributed by atoms with Crippen molar-refractivity contribution in [3.8, 4) is 0 Å². The molecule has 0 bridgehead atoms. The van der Waals surface area contributed by atoms with Crippen LogP contribution in [0, 0.1) is 5.41 Å². The highest BCUT2D eigenvalue weighted by atomic mass is 32.1. The van der Waals surface area contributed by atoms with E-state index in [0.29, 0.717) is 29.0 Å². The average molecular weight is 468 g/mol. The third-order valence-corrected chi connectivity index (χ3v) is 6.10. The van der Waals surface area contributed by atoms with Crippen molar-refractivity contribution in [2.75, 3.05) is 6.61 Å². The molecule has 0 spiro atoms. The third-order valence-electron chi connectivity index (χ3n) is 5.75. The molecule has 0 saturated carbocycles. The Kier molecular flexibility index (Phi) is 9.78. The third kappa shape index (κ3) is 6.50. The topological polar surface area (TPSA) is 55.4 Å². The Bertz CT molecular complexity index is 984. The number of ketones is 1. The molecule has 4 nitrogen and oxygen atoms in total. The van der Waals surface area contributed by atoms with E-state index < -0.39 is 11.9 Å². The van der Waals surface area contributed by atoms with Crippen LogP contribution in [0.3, 0.4) is 0 Å². The minimum Gasteiger partial charge on any atom is -0.462 e. The van der Waals surface area contributed by atoms with Gasteiger partial charge in [0.1, 0.15) is 0 Å². The first kappa shape index (κ1) is 26.7. The lowest BCUT2D eigenvalue weighted by atomic mass is 9.69. The molecule has 1 unspecified atom stereocenters. The lowest BCUT2D eigenvalue weighted by Crippen LogP contribution is -2.38. The molecule has 0 radical (unpaired) electrons. The van der Waals surface area contributed by atoms with Gasteiger partial charge in [-0.05, 0) is 36.8 Å². The maximum absolute atomic E-state index is 13.2. The smallest absolute Gasteiger partial charge is 0.337 e. The number of nitrogens with one attached hydrogen (secondary N) is 1. The summed E-state index contributed by atoms with van der Waals surface area (Å²) in [6.07, 6.45) is 7.79. The van der Waals surface area contributed by atoms with Gasteiger partial charge in [-0.1, -0.05) is 76.3 Å². The highest BCUT2D eigenvalue weighted by molar-refractivity contribution is 7.84. The normalized spacial score (nSPS) is 20.2. The summed E-state index contributed by atoms with van der Waals surface area (Å²) >= 11 is 4.62. The number of hydrogen-bond donors (Lipinski definition) is 2. The van der Waals surface area contributed by atoms with Gasteiger partial charge in [0.15, 0.2) is 5.78 Å². The molecular formula is C28H37NO3S. The van der Waals surface area contributed by atoms with Crippen molar-refractivity contribution in [2.45, 2.75) is 66.7 Å². The SMILES string of the molecule is C/C=C\C(=C/C)CCOC(=O)C1=C(S)NC2=C(C(=O)CC(C)(C)C2)C1c1ccccc1.CC. The van der Waals surface area contributed by atoms with Crippen LogP contribution in [0.25, 0.3) is 0 Å². The zero-order chi connectivity index (χ0) is 24.6. The molecule has 0 fully saturated rings. The van der Waals surface area contributed by atoms with Crippen LogP contribution in [0.5, 0.6) is 0 Å². The molecule has 1 aromatic carbocycles. The number of allylic oxidation sites excluding steroid dienone is 5. The monoisotopic (exact) mass is 467 g/mol. The molecular weight excluding hydrogens is 430 g/mol. The number of carbonyl (C=O) groups is 2. The van der Waals surface area contributed by atoms with Gasteiger partial charge in [0.2, 0.25) is 0 Å². The molecule has 1 heterocycles. The van der Waals surface area contributed by atoms with Crippen molar-refractivity contribution in [3.63, 3.8) is 0 Å². The number of ether oxygens (including phenoxy) is 1. The second-order valence-corrected chi connectivity index (χ2v) is 9.26.